The summed E-state index contributed by atoms with van der Waals surface area (Å²) in [7, 11) is 6.66. The van der Waals surface area contributed by atoms with E-state index in [4.69, 9.17) is 18.9 Å². The third-order valence-electron chi connectivity index (χ3n) is 5.89. The van der Waals surface area contributed by atoms with Crippen LogP contribution in [0.4, 0.5) is 0 Å². The summed E-state index contributed by atoms with van der Waals surface area (Å²) in [5.41, 5.74) is 1.04. The van der Waals surface area contributed by atoms with Crippen LogP contribution in [0.5, 0.6) is 23.0 Å². The zero-order chi connectivity index (χ0) is 22.0. The molecule has 0 spiro atoms. The van der Waals surface area contributed by atoms with Gasteiger partial charge in [-0.15, -0.1) is 0 Å². The third kappa shape index (κ3) is 9.49. The Kier molecular flexibility index (Phi) is 15.1. The molecule has 0 N–H and O–H groups in total. The molecule has 0 atom stereocenters. The summed E-state index contributed by atoms with van der Waals surface area (Å²) in [6.07, 6.45) is 19.9. The van der Waals surface area contributed by atoms with Crippen LogP contribution in [0.1, 0.15) is 102 Å². The zero-order valence-corrected chi connectivity index (χ0v) is 20.3. The molecule has 0 aliphatic rings. The molecule has 0 heterocycles. The minimum Gasteiger partial charge on any atom is -0.493 e. The van der Waals surface area contributed by atoms with Crippen molar-refractivity contribution in [3.05, 3.63) is 11.6 Å². The van der Waals surface area contributed by atoms with Crippen molar-refractivity contribution in [2.75, 3.05) is 28.4 Å². The van der Waals surface area contributed by atoms with Gasteiger partial charge in [-0.1, -0.05) is 90.4 Å². The highest BCUT2D eigenvalue weighted by Crippen LogP contribution is 2.45. The molecular formula is C26H46O4. The van der Waals surface area contributed by atoms with Gasteiger partial charge < -0.3 is 18.9 Å². The second-order valence-electron chi connectivity index (χ2n) is 8.17. The first-order valence-corrected chi connectivity index (χ1v) is 12.1. The number of ether oxygens (including phenoxy) is 4. The van der Waals surface area contributed by atoms with Crippen molar-refractivity contribution in [2.45, 2.75) is 103 Å². The molecule has 0 aromatic heterocycles. The molecule has 1 aromatic carbocycles. The van der Waals surface area contributed by atoms with Crippen LogP contribution in [0.3, 0.4) is 0 Å². The largest absolute Gasteiger partial charge is 0.493 e. The van der Waals surface area contributed by atoms with Crippen LogP contribution in [0, 0.1) is 0 Å². The molecule has 0 saturated carbocycles. The van der Waals surface area contributed by atoms with Gasteiger partial charge in [0.05, 0.1) is 28.4 Å². The van der Waals surface area contributed by atoms with Crippen molar-refractivity contribution in [2.24, 2.45) is 0 Å². The first-order valence-electron chi connectivity index (χ1n) is 12.1. The van der Waals surface area contributed by atoms with E-state index >= 15 is 0 Å². The maximum atomic E-state index is 5.62. The molecule has 4 heteroatoms. The molecule has 0 amide bonds. The van der Waals surface area contributed by atoms with Crippen LogP contribution in [0.2, 0.25) is 0 Å². The molecular weight excluding hydrogens is 376 g/mol. The van der Waals surface area contributed by atoms with Gasteiger partial charge in [-0.3, -0.25) is 0 Å². The van der Waals surface area contributed by atoms with Gasteiger partial charge in [0, 0.05) is 11.6 Å². The van der Waals surface area contributed by atoms with Gasteiger partial charge in [-0.2, -0.15) is 0 Å². The van der Waals surface area contributed by atoms with Crippen LogP contribution in [0.15, 0.2) is 6.07 Å². The van der Waals surface area contributed by atoms with Crippen molar-refractivity contribution in [3.8, 4) is 23.0 Å². The molecule has 30 heavy (non-hydrogen) atoms. The summed E-state index contributed by atoms with van der Waals surface area (Å²) in [5.74, 6) is 2.89. The Balaban J connectivity index is 2.25. The molecule has 1 rings (SSSR count). The number of hydrogen-bond donors (Lipinski definition) is 0. The highest BCUT2D eigenvalue weighted by molar-refractivity contribution is 5.61. The van der Waals surface area contributed by atoms with Crippen molar-refractivity contribution in [1.29, 1.82) is 0 Å². The van der Waals surface area contributed by atoms with E-state index in [9.17, 15) is 0 Å². The first-order chi connectivity index (χ1) is 14.7. The lowest BCUT2D eigenvalue weighted by molar-refractivity contribution is 0.323. The number of benzene rings is 1. The Labute approximate surface area is 185 Å². The number of methoxy groups -OCH3 is 4. The average Bonchev–Trinajstić information content (AvgIpc) is 2.78. The molecule has 0 radical (unpaired) electrons. The number of rotatable bonds is 19. The van der Waals surface area contributed by atoms with Crippen molar-refractivity contribution >= 4 is 0 Å². The molecule has 174 valence electrons. The summed E-state index contributed by atoms with van der Waals surface area (Å²) in [4.78, 5) is 0. The summed E-state index contributed by atoms with van der Waals surface area (Å²) in [6.45, 7) is 2.28. The lowest BCUT2D eigenvalue weighted by atomic mass is 10.0. The summed E-state index contributed by atoms with van der Waals surface area (Å²) in [5, 5.41) is 0. The average molecular weight is 423 g/mol. The molecule has 0 unspecified atom stereocenters. The second kappa shape index (κ2) is 17.1. The van der Waals surface area contributed by atoms with E-state index in [0.29, 0.717) is 11.5 Å². The Morgan fingerprint density at radius 2 is 0.867 bits per heavy atom. The van der Waals surface area contributed by atoms with Crippen molar-refractivity contribution < 1.29 is 18.9 Å². The van der Waals surface area contributed by atoms with Crippen LogP contribution in [-0.2, 0) is 6.42 Å². The maximum absolute atomic E-state index is 5.62. The van der Waals surface area contributed by atoms with Crippen molar-refractivity contribution in [1.82, 2.24) is 0 Å². The number of unbranched alkanes of at least 4 members (excludes halogenated alkanes) is 13. The predicted molar refractivity (Wildman–Crippen MR) is 127 cm³/mol. The van der Waals surface area contributed by atoms with Crippen LogP contribution < -0.4 is 18.9 Å². The minimum atomic E-state index is 0.690. The molecule has 0 bridgehead atoms. The Morgan fingerprint density at radius 3 is 1.20 bits per heavy atom. The van der Waals surface area contributed by atoms with E-state index in [2.05, 4.69) is 6.92 Å². The molecule has 1 aromatic rings. The SMILES string of the molecule is CCCCCCCCCCCCCCCCc1c(OC)c(OC)cc(OC)c1OC. The van der Waals surface area contributed by atoms with E-state index in [1.165, 1.54) is 83.5 Å². The lowest BCUT2D eigenvalue weighted by Gasteiger charge is -2.19. The van der Waals surface area contributed by atoms with Crippen molar-refractivity contribution in [3.63, 3.8) is 0 Å². The highest BCUT2D eigenvalue weighted by Gasteiger charge is 2.20. The fourth-order valence-corrected chi connectivity index (χ4v) is 4.12. The monoisotopic (exact) mass is 422 g/mol. The maximum Gasteiger partial charge on any atom is 0.167 e. The van der Waals surface area contributed by atoms with E-state index in [-0.39, 0.29) is 0 Å². The molecule has 0 fully saturated rings. The molecule has 4 nitrogen and oxygen atoms in total. The van der Waals surface area contributed by atoms with E-state index in [0.717, 1.165) is 29.9 Å². The Bertz CT molecular complexity index is 526. The number of hydrogen-bond acceptors (Lipinski definition) is 4. The Hall–Kier alpha value is -1.58. The first kappa shape index (κ1) is 26.5. The highest BCUT2D eigenvalue weighted by atomic mass is 16.5. The van der Waals surface area contributed by atoms with Gasteiger partial charge in [-0.25, -0.2) is 0 Å². The minimum absolute atomic E-state index is 0.690. The van der Waals surface area contributed by atoms with E-state index in [1.807, 2.05) is 6.07 Å². The van der Waals surface area contributed by atoms with Gasteiger partial charge in [0.25, 0.3) is 0 Å². The summed E-state index contributed by atoms with van der Waals surface area (Å²) in [6, 6.07) is 1.83. The smallest absolute Gasteiger partial charge is 0.167 e. The van der Waals surface area contributed by atoms with Gasteiger partial charge in [0.2, 0.25) is 0 Å². The van der Waals surface area contributed by atoms with Crippen LogP contribution >= 0.6 is 0 Å². The molecule has 0 aliphatic carbocycles. The summed E-state index contributed by atoms with van der Waals surface area (Å²) < 4.78 is 22.2. The van der Waals surface area contributed by atoms with E-state index in [1.54, 1.807) is 28.4 Å². The normalized spacial score (nSPS) is 10.8. The third-order valence-corrected chi connectivity index (χ3v) is 5.89. The van der Waals surface area contributed by atoms with E-state index < -0.39 is 0 Å². The standard InChI is InChI=1S/C26H46O4/c1-6-7-8-9-10-11-12-13-14-15-16-17-18-19-20-22-25(29-4)23(27-2)21-24(28-3)26(22)30-5/h21H,6-20H2,1-5H3. The fraction of sp³-hybridized carbons (Fsp3) is 0.769. The fourth-order valence-electron chi connectivity index (χ4n) is 4.12. The Morgan fingerprint density at radius 1 is 0.500 bits per heavy atom. The predicted octanol–water partition coefficient (Wildman–Crippen LogP) is 7.74. The quantitative estimate of drug-likeness (QED) is 0.214. The van der Waals surface area contributed by atoms with Crippen LogP contribution in [-0.4, -0.2) is 28.4 Å². The van der Waals surface area contributed by atoms with Gasteiger partial charge in [-0.05, 0) is 12.8 Å². The van der Waals surface area contributed by atoms with Gasteiger partial charge in [0.1, 0.15) is 0 Å². The summed E-state index contributed by atoms with van der Waals surface area (Å²) >= 11 is 0. The second-order valence-corrected chi connectivity index (χ2v) is 8.17. The lowest BCUT2D eigenvalue weighted by Crippen LogP contribution is -2.02. The topological polar surface area (TPSA) is 36.9 Å². The molecule has 0 saturated heterocycles. The van der Waals surface area contributed by atoms with Gasteiger partial charge >= 0.3 is 0 Å². The molecule has 0 aliphatic heterocycles. The van der Waals surface area contributed by atoms with Gasteiger partial charge in [0.15, 0.2) is 23.0 Å². The zero-order valence-electron chi connectivity index (χ0n) is 20.3. The van der Waals surface area contributed by atoms with Crippen LogP contribution in [0.25, 0.3) is 0 Å².